The highest BCUT2D eigenvalue weighted by Gasteiger charge is 2.07. The van der Waals surface area contributed by atoms with E-state index in [9.17, 15) is 0 Å². The molecule has 94 valence electrons. The molecule has 7 heteroatoms. The maximum Gasteiger partial charge on any atom is 0.140 e. The first-order valence-corrected chi connectivity index (χ1v) is 6.80. The van der Waals surface area contributed by atoms with Crippen molar-refractivity contribution in [3.05, 3.63) is 46.2 Å². The van der Waals surface area contributed by atoms with Gasteiger partial charge < -0.3 is 5.43 Å². The van der Waals surface area contributed by atoms with Gasteiger partial charge in [-0.05, 0) is 24.3 Å². The zero-order chi connectivity index (χ0) is 13.0. The molecule has 0 atom stereocenters. The van der Waals surface area contributed by atoms with E-state index in [1.165, 1.54) is 11.8 Å². The standard InChI is InChI=1S/C11H10Cl2N4S/c12-7-3-4-10(17-14)16-9(7)6-18-11-8(13)2-1-5-15-11/h1-5H,6,14H2,(H,16,17). The molecule has 0 aliphatic rings. The Balaban J connectivity index is 2.13. The quantitative estimate of drug-likeness (QED) is 0.515. The predicted molar refractivity (Wildman–Crippen MR) is 75.9 cm³/mol. The second kappa shape index (κ2) is 6.24. The van der Waals surface area contributed by atoms with Crippen molar-refractivity contribution in [3.63, 3.8) is 0 Å². The van der Waals surface area contributed by atoms with Crippen molar-refractivity contribution < 1.29 is 0 Å². The zero-order valence-electron chi connectivity index (χ0n) is 9.23. The average molecular weight is 301 g/mol. The summed E-state index contributed by atoms with van der Waals surface area (Å²) in [6.45, 7) is 0. The van der Waals surface area contributed by atoms with Crippen LogP contribution in [0.2, 0.25) is 10.0 Å². The van der Waals surface area contributed by atoms with Gasteiger partial charge in [0.25, 0.3) is 0 Å². The van der Waals surface area contributed by atoms with Crippen LogP contribution in [0.4, 0.5) is 5.82 Å². The van der Waals surface area contributed by atoms with E-state index >= 15 is 0 Å². The number of hydrogen-bond donors (Lipinski definition) is 2. The number of hydrazine groups is 1. The Hall–Kier alpha value is -1.01. The second-order valence-electron chi connectivity index (χ2n) is 3.35. The number of nitrogens with one attached hydrogen (secondary N) is 1. The van der Waals surface area contributed by atoms with Gasteiger partial charge in [-0.3, -0.25) is 0 Å². The zero-order valence-corrected chi connectivity index (χ0v) is 11.6. The summed E-state index contributed by atoms with van der Waals surface area (Å²) in [4.78, 5) is 8.46. The number of thioether (sulfide) groups is 1. The molecular weight excluding hydrogens is 291 g/mol. The third-order valence-corrected chi connectivity index (χ3v) is 3.91. The van der Waals surface area contributed by atoms with Crippen molar-refractivity contribution in [2.24, 2.45) is 5.84 Å². The lowest BCUT2D eigenvalue weighted by Gasteiger charge is -2.06. The van der Waals surface area contributed by atoms with E-state index < -0.39 is 0 Å². The molecule has 3 N–H and O–H groups in total. The molecular formula is C11H10Cl2N4S. The minimum atomic E-state index is 0.571. The number of pyridine rings is 2. The Labute approximate surface area is 119 Å². The van der Waals surface area contributed by atoms with E-state index in [0.717, 1.165) is 10.7 Å². The molecule has 0 saturated carbocycles. The summed E-state index contributed by atoms with van der Waals surface area (Å²) in [6.07, 6.45) is 1.70. The van der Waals surface area contributed by atoms with Crippen molar-refractivity contribution in [2.75, 3.05) is 5.43 Å². The average Bonchev–Trinajstić information content (AvgIpc) is 2.39. The van der Waals surface area contributed by atoms with Gasteiger partial charge in [0, 0.05) is 11.9 Å². The first-order chi connectivity index (χ1) is 8.70. The van der Waals surface area contributed by atoms with Crippen molar-refractivity contribution in [1.29, 1.82) is 0 Å². The summed E-state index contributed by atoms with van der Waals surface area (Å²) in [7, 11) is 0. The summed E-state index contributed by atoms with van der Waals surface area (Å²) in [5.74, 6) is 6.45. The largest absolute Gasteiger partial charge is 0.308 e. The lowest BCUT2D eigenvalue weighted by Crippen LogP contribution is -2.09. The Kier molecular flexibility index (Phi) is 4.66. The van der Waals surface area contributed by atoms with Crippen LogP contribution in [0.5, 0.6) is 0 Å². The molecule has 0 bridgehead atoms. The summed E-state index contributed by atoms with van der Waals surface area (Å²) in [5, 5.41) is 1.96. The van der Waals surface area contributed by atoms with Crippen LogP contribution in [0.15, 0.2) is 35.5 Å². The highest BCUT2D eigenvalue weighted by Crippen LogP contribution is 2.29. The molecule has 0 amide bonds. The van der Waals surface area contributed by atoms with Crippen LogP contribution in [0, 0.1) is 0 Å². The molecule has 4 nitrogen and oxygen atoms in total. The molecule has 2 rings (SSSR count). The number of nitrogens with zero attached hydrogens (tertiary/aromatic N) is 2. The van der Waals surface area contributed by atoms with Crippen molar-refractivity contribution in [1.82, 2.24) is 9.97 Å². The van der Waals surface area contributed by atoms with Gasteiger partial charge in [0.2, 0.25) is 0 Å². The van der Waals surface area contributed by atoms with Crippen LogP contribution >= 0.6 is 35.0 Å². The van der Waals surface area contributed by atoms with Gasteiger partial charge >= 0.3 is 0 Å². The van der Waals surface area contributed by atoms with Gasteiger partial charge in [0.1, 0.15) is 10.8 Å². The molecule has 0 aliphatic heterocycles. The summed E-state index contributed by atoms with van der Waals surface area (Å²) >= 11 is 13.6. The first-order valence-electron chi connectivity index (χ1n) is 5.06. The van der Waals surface area contributed by atoms with E-state index in [-0.39, 0.29) is 0 Å². The maximum atomic E-state index is 6.06. The Morgan fingerprint density at radius 2 is 2.06 bits per heavy atom. The summed E-state index contributed by atoms with van der Waals surface area (Å²) in [6, 6.07) is 7.05. The predicted octanol–water partition coefficient (Wildman–Crippen LogP) is 3.36. The number of halogens is 2. The van der Waals surface area contributed by atoms with E-state index in [2.05, 4.69) is 15.4 Å². The molecule has 0 fully saturated rings. The minimum Gasteiger partial charge on any atom is -0.308 e. The molecule has 0 saturated heterocycles. The number of rotatable bonds is 4. The van der Waals surface area contributed by atoms with Crippen molar-refractivity contribution in [3.8, 4) is 0 Å². The molecule has 2 aromatic heterocycles. The van der Waals surface area contributed by atoms with E-state index in [4.69, 9.17) is 29.0 Å². The van der Waals surface area contributed by atoms with Gasteiger partial charge in [-0.15, -0.1) is 0 Å². The van der Waals surface area contributed by atoms with E-state index in [0.29, 0.717) is 21.6 Å². The number of nitrogen functional groups attached to an aromatic ring is 1. The lowest BCUT2D eigenvalue weighted by atomic mass is 10.4. The molecule has 0 spiro atoms. The van der Waals surface area contributed by atoms with E-state index in [1.807, 2.05) is 0 Å². The number of nitrogens with two attached hydrogens (primary N) is 1. The van der Waals surface area contributed by atoms with Crippen LogP contribution in [0.3, 0.4) is 0 Å². The van der Waals surface area contributed by atoms with Crippen LogP contribution in [0.25, 0.3) is 0 Å². The highest BCUT2D eigenvalue weighted by atomic mass is 35.5. The number of hydrogen-bond acceptors (Lipinski definition) is 5. The maximum absolute atomic E-state index is 6.06. The smallest absolute Gasteiger partial charge is 0.140 e. The number of aromatic nitrogens is 2. The van der Waals surface area contributed by atoms with Gasteiger partial charge in [-0.25, -0.2) is 15.8 Å². The van der Waals surface area contributed by atoms with Crippen LogP contribution in [-0.4, -0.2) is 9.97 Å². The Bertz CT molecular complexity index is 550. The molecule has 0 unspecified atom stereocenters. The fourth-order valence-corrected chi connectivity index (χ4v) is 2.65. The van der Waals surface area contributed by atoms with Gasteiger partial charge in [-0.2, -0.15) is 0 Å². The minimum absolute atomic E-state index is 0.571. The van der Waals surface area contributed by atoms with Crippen LogP contribution in [0.1, 0.15) is 5.69 Å². The fraction of sp³-hybridized carbons (Fsp3) is 0.0909. The second-order valence-corrected chi connectivity index (χ2v) is 5.13. The molecule has 2 aromatic rings. The summed E-state index contributed by atoms with van der Waals surface area (Å²) < 4.78 is 0. The third-order valence-electron chi connectivity index (χ3n) is 2.14. The lowest BCUT2D eigenvalue weighted by molar-refractivity contribution is 1.11. The SMILES string of the molecule is NNc1ccc(Cl)c(CSc2ncccc2Cl)n1. The fourth-order valence-electron chi connectivity index (χ4n) is 1.28. The Morgan fingerprint density at radius 1 is 1.22 bits per heavy atom. The molecule has 0 aromatic carbocycles. The van der Waals surface area contributed by atoms with Crippen molar-refractivity contribution in [2.45, 2.75) is 10.8 Å². The topological polar surface area (TPSA) is 63.8 Å². The summed E-state index contributed by atoms with van der Waals surface area (Å²) in [5.41, 5.74) is 3.22. The molecule has 18 heavy (non-hydrogen) atoms. The third kappa shape index (κ3) is 3.26. The molecule has 0 aliphatic carbocycles. The van der Waals surface area contributed by atoms with Gasteiger partial charge in [0.05, 0.1) is 15.7 Å². The Morgan fingerprint density at radius 3 is 2.78 bits per heavy atom. The molecule has 0 radical (unpaired) electrons. The van der Waals surface area contributed by atoms with Crippen molar-refractivity contribution >= 4 is 40.8 Å². The van der Waals surface area contributed by atoms with Crippen LogP contribution < -0.4 is 11.3 Å². The van der Waals surface area contributed by atoms with Gasteiger partial charge in [0.15, 0.2) is 0 Å². The molecule has 2 heterocycles. The van der Waals surface area contributed by atoms with Gasteiger partial charge in [-0.1, -0.05) is 35.0 Å². The van der Waals surface area contributed by atoms with E-state index in [1.54, 1.807) is 30.5 Å². The monoisotopic (exact) mass is 300 g/mol. The highest BCUT2D eigenvalue weighted by molar-refractivity contribution is 7.98. The number of anilines is 1. The normalized spacial score (nSPS) is 10.4. The van der Waals surface area contributed by atoms with Crippen LogP contribution in [-0.2, 0) is 5.75 Å². The first kappa shape index (κ1) is 13.4.